The van der Waals surface area contributed by atoms with Gasteiger partial charge in [-0.05, 0) is 19.8 Å². The van der Waals surface area contributed by atoms with E-state index in [0.717, 1.165) is 44.1 Å². The van der Waals surface area contributed by atoms with Gasteiger partial charge in [-0.25, -0.2) is 9.97 Å². The molecule has 0 bridgehead atoms. The molecule has 0 fully saturated rings. The van der Waals surface area contributed by atoms with Gasteiger partial charge >= 0.3 is 0 Å². The van der Waals surface area contributed by atoms with Gasteiger partial charge < -0.3 is 20.1 Å². The summed E-state index contributed by atoms with van der Waals surface area (Å²) in [6, 6.07) is 1.95. The molecule has 0 saturated carbocycles. The highest BCUT2D eigenvalue weighted by Crippen LogP contribution is 2.17. The third-order valence-corrected chi connectivity index (χ3v) is 2.88. The maximum absolute atomic E-state index is 8.98. The van der Waals surface area contributed by atoms with Gasteiger partial charge in [-0.3, -0.25) is 0 Å². The van der Waals surface area contributed by atoms with Gasteiger partial charge in [-0.1, -0.05) is 6.92 Å². The van der Waals surface area contributed by atoms with Crippen molar-refractivity contribution in [1.82, 2.24) is 9.97 Å². The third-order valence-electron chi connectivity index (χ3n) is 2.88. The SMILES string of the molecule is CCCNc1cc(N(CC)CCCO)nc(COC)n1. The van der Waals surface area contributed by atoms with Crippen molar-refractivity contribution in [1.29, 1.82) is 0 Å². The van der Waals surface area contributed by atoms with Gasteiger partial charge in [0.25, 0.3) is 0 Å². The highest BCUT2D eigenvalue weighted by Gasteiger charge is 2.10. The molecule has 6 heteroatoms. The summed E-state index contributed by atoms with van der Waals surface area (Å²) in [6.45, 7) is 7.28. The summed E-state index contributed by atoms with van der Waals surface area (Å²) < 4.78 is 5.13. The molecule has 1 aromatic heterocycles. The molecule has 1 rings (SSSR count). The lowest BCUT2D eigenvalue weighted by Gasteiger charge is -2.22. The summed E-state index contributed by atoms with van der Waals surface area (Å²) >= 11 is 0. The second-order valence-electron chi connectivity index (χ2n) is 4.54. The first kappa shape index (κ1) is 16.7. The van der Waals surface area contributed by atoms with E-state index in [2.05, 4.69) is 34.0 Å². The number of aromatic nitrogens is 2. The van der Waals surface area contributed by atoms with Crippen LogP contribution >= 0.6 is 0 Å². The van der Waals surface area contributed by atoms with Crippen LogP contribution in [0.15, 0.2) is 6.07 Å². The van der Waals surface area contributed by atoms with E-state index >= 15 is 0 Å². The van der Waals surface area contributed by atoms with E-state index < -0.39 is 0 Å². The van der Waals surface area contributed by atoms with Crippen LogP contribution in [0.4, 0.5) is 11.6 Å². The predicted molar refractivity (Wildman–Crippen MR) is 81.1 cm³/mol. The quantitative estimate of drug-likeness (QED) is 0.680. The lowest BCUT2D eigenvalue weighted by atomic mass is 10.3. The first-order chi connectivity index (χ1) is 9.74. The minimum Gasteiger partial charge on any atom is -0.396 e. The molecule has 0 saturated heterocycles. The molecular formula is C14H26N4O2. The molecule has 0 atom stereocenters. The molecule has 0 spiro atoms. The summed E-state index contributed by atoms with van der Waals surface area (Å²) in [4.78, 5) is 11.1. The fourth-order valence-corrected chi connectivity index (χ4v) is 1.88. The van der Waals surface area contributed by atoms with E-state index in [1.165, 1.54) is 0 Å². The normalized spacial score (nSPS) is 10.6. The summed E-state index contributed by atoms with van der Waals surface area (Å²) in [5.74, 6) is 2.37. The highest BCUT2D eigenvalue weighted by atomic mass is 16.5. The van der Waals surface area contributed by atoms with Crippen LogP contribution in [0.1, 0.15) is 32.5 Å². The van der Waals surface area contributed by atoms with Crippen LogP contribution in [0.2, 0.25) is 0 Å². The Hall–Kier alpha value is -1.40. The first-order valence-electron chi connectivity index (χ1n) is 7.21. The van der Waals surface area contributed by atoms with Crippen LogP contribution in [0, 0.1) is 0 Å². The smallest absolute Gasteiger partial charge is 0.158 e. The molecule has 0 amide bonds. The Bertz CT molecular complexity index is 387. The second kappa shape index (κ2) is 9.50. The van der Waals surface area contributed by atoms with Crippen molar-refractivity contribution in [3.8, 4) is 0 Å². The Morgan fingerprint density at radius 2 is 2.15 bits per heavy atom. The van der Waals surface area contributed by atoms with Crippen LogP contribution in [0.25, 0.3) is 0 Å². The number of anilines is 2. The number of hydrogen-bond donors (Lipinski definition) is 2. The Morgan fingerprint density at radius 3 is 2.75 bits per heavy atom. The zero-order valence-electron chi connectivity index (χ0n) is 12.7. The number of nitrogens with zero attached hydrogens (tertiary/aromatic N) is 3. The lowest BCUT2D eigenvalue weighted by Crippen LogP contribution is -2.26. The fourth-order valence-electron chi connectivity index (χ4n) is 1.88. The fraction of sp³-hybridized carbons (Fsp3) is 0.714. The monoisotopic (exact) mass is 282 g/mol. The Balaban J connectivity index is 2.92. The minimum atomic E-state index is 0.188. The number of nitrogens with one attached hydrogen (secondary N) is 1. The van der Waals surface area contributed by atoms with Crippen LogP contribution < -0.4 is 10.2 Å². The van der Waals surface area contributed by atoms with Crippen molar-refractivity contribution in [2.45, 2.75) is 33.3 Å². The molecule has 20 heavy (non-hydrogen) atoms. The summed E-state index contributed by atoms with van der Waals surface area (Å²) in [5, 5.41) is 12.3. The first-order valence-corrected chi connectivity index (χ1v) is 7.21. The van der Waals surface area contributed by atoms with Gasteiger partial charge in [0, 0.05) is 39.4 Å². The molecule has 0 radical (unpaired) electrons. The van der Waals surface area contributed by atoms with E-state index in [1.54, 1.807) is 7.11 Å². The molecule has 1 heterocycles. The van der Waals surface area contributed by atoms with Gasteiger partial charge in [0.05, 0.1) is 0 Å². The average Bonchev–Trinajstić information content (AvgIpc) is 2.46. The molecule has 0 aromatic carbocycles. The standard InChI is InChI=1S/C14H26N4O2/c1-4-7-15-12-10-14(17-13(16-12)11-20-3)18(5-2)8-6-9-19/h10,19H,4-9,11H2,1-3H3,(H,15,16,17). The topological polar surface area (TPSA) is 70.5 Å². The maximum Gasteiger partial charge on any atom is 0.158 e. The van der Waals surface area contributed by atoms with Gasteiger partial charge in [-0.15, -0.1) is 0 Å². The lowest BCUT2D eigenvalue weighted by molar-refractivity contribution is 0.178. The number of ether oxygens (including phenoxy) is 1. The second-order valence-corrected chi connectivity index (χ2v) is 4.54. The van der Waals surface area contributed by atoms with Crippen molar-refractivity contribution in [3.63, 3.8) is 0 Å². The predicted octanol–water partition coefficient (Wildman–Crippen LogP) is 1.65. The summed E-state index contributed by atoms with van der Waals surface area (Å²) in [7, 11) is 1.64. The van der Waals surface area contributed by atoms with E-state index in [0.29, 0.717) is 12.4 Å². The minimum absolute atomic E-state index is 0.188. The average molecular weight is 282 g/mol. The zero-order chi connectivity index (χ0) is 14.8. The Morgan fingerprint density at radius 1 is 1.35 bits per heavy atom. The van der Waals surface area contributed by atoms with Crippen LogP contribution in [0.3, 0.4) is 0 Å². The van der Waals surface area contributed by atoms with Crippen LogP contribution in [-0.2, 0) is 11.3 Å². The number of methoxy groups -OCH3 is 1. The molecule has 0 unspecified atom stereocenters. The third kappa shape index (κ3) is 5.30. The number of hydrogen-bond acceptors (Lipinski definition) is 6. The maximum atomic E-state index is 8.98. The van der Waals surface area contributed by atoms with Crippen molar-refractivity contribution in [3.05, 3.63) is 11.9 Å². The van der Waals surface area contributed by atoms with E-state index in [4.69, 9.17) is 9.84 Å². The van der Waals surface area contributed by atoms with Crippen molar-refractivity contribution >= 4 is 11.6 Å². The number of rotatable bonds is 10. The summed E-state index contributed by atoms with van der Waals surface area (Å²) in [6.07, 6.45) is 1.77. The molecule has 0 aliphatic heterocycles. The largest absolute Gasteiger partial charge is 0.396 e. The van der Waals surface area contributed by atoms with E-state index in [-0.39, 0.29) is 6.61 Å². The van der Waals surface area contributed by atoms with Gasteiger partial charge in [0.1, 0.15) is 18.2 Å². The molecule has 114 valence electrons. The Kier molecular flexibility index (Phi) is 7.91. The van der Waals surface area contributed by atoms with Gasteiger partial charge in [0.15, 0.2) is 5.82 Å². The molecule has 0 aliphatic carbocycles. The number of aliphatic hydroxyl groups excluding tert-OH is 1. The van der Waals surface area contributed by atoms with Crippen LogP contribution in [0.5, 0.6) is 0 Å². The van der Waals surface area contributed by atoms with Crippen LogP contribution in [-0.4, -0.2) is 48.4 Å². The van der Waals surface area contributed by atoms with Crippen molar-refractivity contribution in [2.24, 2.45) is 0 Å². The highest BCUT2D eigenvalue weighted by molar-refractivity contribution is 5.49. The molecule has 6 nitrogen and oxygen atoms in total. The molecule has 1 aromatic rings. The van der Waals surface area contributed by atoms with E-state index in [9.17, 15) is 0 Å². The Labute approximate surface area is 121 Å². The number of aliphatic hydroxyl groups is 1. The van der Waals surface area contributed by atoms with Gasteiger partial charge in [-0.2, -0.15) is 0 Å². The van der Waals surface area contributed by atoms with Crippen molar-refractivity contribution < 1.29 is 9.84 Å². The van der Waals surface area contributed by atoms with E-state index in [1.807, 2.05) is 6.07 Å². The van der Waals surface area contributed by atoms with Gasteiger partial charge in [0.2, 0.25) is 0 Å². The molecule has 0 aliphatic rings. The van der Waals surface area contributed by atoms with Crippen molar-refractivity contribution in [2.75, 3.05) is 43.6 Å². The molecular weight excluding hydrogens is 256 g/mol. The molecule has 2 N–H and O–H groups in total. The zero-order valence-corrected chi connectivity index (χ0v) is 12.7. The summed E-state index contributed by atoms with van der Waals surface area (Å²) in [5.41, 5.74) is 0.